The van der Waals surface area contributed by atoms with Crippen LogP contribution in [0.2, 0.25) is 0 Å². The third-order valence-corrected chi connectivity index (χ3v) is 7.66. The SMILES string of the molecule is Cc1sc(NC(=O)CSc2nc3sc(C)c(-c4ccccc4)c3c(=O)[nH]2)nc1C(=O)OCC(C)C. The lowest BCUT2D eigenvalue weighted by molar-refractivity contribution is -0.113. The highest BCUT2D eigenvalue weighted by molar-refractivity contribution is 7.99. The van der Waals surface area contributed by atoms with Crippen molar-refractivity contribution in [3.8, 4) is 11.1 Å². The molecule has 3 heterocycles. The van der Waals surface area contributed by atoms with Gasteiger partial charge in [0.2, 0.25) is 5.91 Å². The number of benzene rings is 1. The molecular formula is C24H24N4O4S3. The molecule has 0 spiro atoms. The van der Waals surface area contributed by atoms with Crippen molar-refractivity contribution in [1.82, 2.24) is 15.0 Å². The average molecular weight is 529 g/mol. The number of anilines is 1. The Kier molecular flexibility index (Phi) is 7.68. The summed E-state index contributed by atoms with van der Waals surface area (Å²) in [6, 6.07) is 9.74. The fourth-order valence-electron chi connectivity index (χ4n) is 3.36. The largest absolute Gasteiger partial charge is 0.461 e. The molecule has 1 aromatic carbocycles. The van der Waals surface area contributed by atoms with Crippen LogP contribution in [0.4, 0.5) is 5.13 Å². The van der Waals surface area contributed by atoms with Gasteiger partial charge in [0.15, 0.2) is 16.0 Å². The summed E-state index contributed by atoms with van der Waals surface area (Å²) in [4.78, 5) is 51.4. The van der Waals surface area contributed by atoms with Crippen LogP contribution in [0.3, 0.4) is 0 Å². The number of amides is 1. The zero-order valence-electron chi connectivity index (χ0n) is 19.6. The number of rotatable bonds is 8. The Labute approximate surface area is 214 Å². The molecule has 0 unspecified atom stereocenters. The van der Waals surface area contributed by atoms with E-state index in [1.165, 1.54) is 22.7 Å². The van der Waals surface area contributed by atoms with E-state index in [-0.39, 0.29) is 28.8 Å². The number of esters is 1. The van der Waals surface area contributed by atoms with E-state index < -0.39 is 5.97 Å². The molecule has 8 nitrogen and oxygen atoms in total. The number of ether oxygens (including phenoxy) is 1. The molecule has 0 fully saturated rings. The number of nitrogens with zero attached hydrogens (tertiary/aromatic N) is 2. The van der Waals surface area contributed by atoms with E-state index in [9.17, 15) is 14.4 Å². The minimum absolute atomic E-state index is 0.0239. The maximum Gasteiger partial charge on any atom is 0.358 e. The summed E-state index contributed by atoms with van der Waals surface area (Å²) in [6.45, 7) is 7.93. The Morgan fingerprint density at radius 3 is 2.57 bits per heavy atom. The van der Waals surface area contributed by atoms with Crippen LogP contribution in [0.5, 0.6) is 0 Å². The van der Waals surface area contributed by atoms with Gasteiger partial charge in [0.25, 0.3) is 5.56 Å². The van der Waals surface area contributed by atoms with Gasteiger partial charge in [-0.05, 0) is 25.3 Å². The molecule has 0 saturated heterocycles. The number of nitrogens with one attached hydrogen (secondary N) is 2. The average Bonchev–Trinajstić information content (AvgIpc) is 3.35. The highest BCUT2D eigenvalue weighted by Crippen LogP contribution is 2.36. The van der Waals surface area contributed by atoms with E-state index in [4.69, 9.17) is 4.74 Å². The third kappa shape index (κ3) is 5.80. The van der Waals surface area contributed by atoms with Gasteiger partial charge in [0.1, 0.15) is 4.83 Å². The highest BCUT2D eigenvalue weighted by Gasteiger charge is 2.20. The van der Waals surface area contributed by atoms with Crippen LogP contribution in [0.25, 0.3) is 21.3 Å². The van der Waals surface area contributed by atoms with E-state index in [0.717, 1.165) is 27.8 Å². The van der Waals surface area contributed by atoms with Crippen LogP contribution >= 0.6 is 34.4 Å². The number of aromatic nitrogens is 3. The van der Waals surface area contributed by atoms with Gasteiger partial charge in [-0.3, -0.25) is 9.59 Å². The van der Waals surface area contributed by atoms with Crippen molar-refractivity contribution < 1.29 is 14.3 Å². The Balaban J connectivity index is 1.44. The Morgan fingerprint density at radius 1 is 1.11 bits per heavy atom. The van der Waals surface area contributed by atoms with E-state index in [1.54, 1.807) is 6.92 Å². The normalized spacial score (nSPS) is 11.2. The smallest absolute Gasteiger partial charge is 0.358 e. The predicted octanol–water partition coefficient (Wildman–Crippen LogP) is 5.27. The van der Waals surface area contributed by atoms with E-state index >= 15 is 0 Å². The number of aryl methyl sites for hydroxylation is 2. The number of fused-ring (bicyclic) bond motifs is 1. The molecule has 0 radical (unpaired) electrons. The maximum atomic E-state index is 12.9. The first-order valence-electron chi connectivity index (χ1n) is 10.9. The molecule has 1 amide bonds. The summed E-state index contributed by atoms with van der Waals surface area (Å²) in [7, 11) is 0. The van der Waals surface area contributed by atoms with Crippen LogP contribution in [0, 0.1) is 19.8 Å². The van der Waals surface area contributed by atoms with E-state index in [1.807, 2.05) is 51.1 Å². The maximum absolute atomic E-state index is 12.9. The molecule has 3 aromatic heterocycles. The van der Waals surface area contributed by atoms with Gasteiger partial charge in [-0.1, -0.05) is 55.9 Å². The molecule has 182 valence electrons. The van der Waals surface area contributed by atoms with Crippen molar-refractivity contribution in [2.45, 2.75) is 32.9 Å². The summed E-state index contributed by atoms with van der Waals surface area (Å²) < 4.78 is 5.23. The summed E-state index contributed by atoms with van der Waals surface area (Å²) >= 11 is 3.79. The standard InChI is InChI=1S/C24H24N4O4S3/c1-12(2)10-32-22(31)19-14(4)35-24(26-19)25-16(29)11-33-23-27-20(30)18-17(13(3)34-21(18)28-23)15-8-6-5-7-9-15/h5-9,12H,10-11H2,1-4H3,(H,25,26,29)(H,27,28,30). The highest BCUT2D eigenvalue weighted by atomic mass is 32.2. The molecule has 11 heteroatoms. The number of H-pyrrole nitrogens is 1. The van der Waals surface area contributed by atoms with Crippen molar-refractivity contribution >= 4 is 61.7 Å². The van der Waals surface area contributed by atoms with Gasteiger partial charge in [-0.25, -0.2) is 14.8 Å². The number of thiophene rings is 1. The quantitative estimate of drug-likeness (QED) is 0.182. The van der Waals surface area contributed by atoms with Crippen molar-refractivity contribution in [2.24, 2.45) is 5.92 Å². The molecule has 4 aromatic rings. The zero-order valence-corrected chi connectivity index (χ0v) is 22.1. The second-order valence-electron chi connectivity index (χ2n) is 8.20. The number of thiazole rings is 1. The Bertz CT molecular complexity index is 1440. The number of aromatic amines is 1. The van der Waals surface area contributed by atoms with Gasteiger partial charge >= 0.3 is 5.97 Å². The Morgan fingerprint density at radius 2 is 1.86 bits per heavy atom. The lowest BCUT2D eigenvalue weighted by Crippen LogP contribution is -2.16. The van der Waals surface area contributed by atoms with Crippen molar-refractivity contribution in [3.63, 3.8) is 0 Å². The van der Waals surface area contributed by atoms with Crippen LogP contribution in [0.15, 0.2) is 40.3 Å². The second-order valence-corrected chi connectivity index (χ2v) is 11.6. The van der Waals surface area contributed by atoms with Gasteiger partial charge in [0, 0.05) is 15.3 Å². The predicted molar refractivity (Wildman–Crippen MR) is 142 cm³/mol. The number of carbonyl (C=O) groups excluding carboxylic acids is 2. The first kappa shape index (κ1) is 25.1. The number of hydrogen-bond donors (Lipinski definition) is 2. The molecule has 0 aliphatic rings. The minimum atomic E-state index is -0.501. The van der Waals surface area contributed by atoms with Gasteiger partial charge < -0.3 is 15.0 Å². The van der Waals surface area contributed by atoms with Gasteiger partial charge in [-0.2, -0.15) is 0 Å². The molecule has 2 N–H and O–H groups in total. The van der Waals surface area contributed by atoms with Crippen molar-refractivity contribution in [1.29, 1.82) is 0 Å². The van der Waals surface area contributed by atoms with Crippen molar-refractivity contribution in [2.75, 3.05) is 17.7 Å². The first-order valence-corrected chi connectivity index (χ1v) is 13.5. The topological polar surface area (TPSA) is 114 Å². The van der Waals surface area contributed by atoms with Crippen LogP contribution in [-0.2, 0) is 9.53 Å². The molecule has 0 aliphatic heterocycles. The van der Waals surface area contributed by atoms with Crippen molar-refractivity contribution in [3.05, 3.63) is 56.1 Å². The fraction of sp³-hybridized carbons (Fsp3) is 0.292. The van der Waals surface area contributed by atoms with Crippen LogP contribution in [-0.4, -0.2) is 39.2 Å². The molecule has 0 atom stereocenters. The van der Waals surface area contributed by atoms with Crippen LogP contribution < -0.4 is 10.9 Å². The second kappa shape index (κ2) is 10.7. The summed E-state index contributed by atoms with van der Waals surface area (Å²) in [5, 5.41) is 3.95. The minimum Gasteiger partial charge on any atom is -0.461 e. The lowest BCUT2D eigenvalue weighted by atomic mass is 10.0. The zero-order chi connectivity index (χ0) is 25.1. The molecule has 0 aliphatic carbocycles. The van der Waals surface area contributed by atoms with Crippen LogP contribution in [0.1, 0.15) is 34.1 Å². The third-order valence-electron chi connectivity index (χ3n) is 4.90. The fourth-order valence-corrected chi connectivity index (χ4v) is 5.94. The molecule has 35 heavy (non-hydrogen) atoms. The molecular weight excluding hydrogens is 504 g/mol. The molecule has 0 bridgehead atoms. The lowest BCUT2D eigenvalue weighted by Gasteiger charge is -2.05. The summed E-state index contributed by atoms with van der Waals surface area (Å²) in [5.74, 6) is -0.577. The molecule has 0 saturated carbocycles. The van der Waals surface area contributed by atoms with Gasteiger partial charge in [0.05, 0.1) is 17.7 Å². The first-order chi connectivity index (χ1) is 16.7. The summed E-state index contributed by atoms with van der Waals surface area (Å²) in [6.07, 6.45) is 0. The van der Waals surface area contributed by atoms with E-state index in [2.05, 4.69) is 20.3 Å². The number of thioether (sulfide) groups is 1. The monoisotopic (exact) mass is 528 g/mol. The molecule has 4 rings (SSSR count). The van der Waals surface area contributed by atoms with E-state index in [0.29, 0.717) is 32.0 Å². The number of carbonyl (C=O) groups is 2. The van der Waals surface area contributed by atoms with Gasteiger partial charge in [-0.15, -0.1) is 22.7 Å². The number of hydrogen-bond acceptors (Lipinski definition) is 9. The summed E-state index contributed by atoms with van der Waals surface area (Å²) in [5.41, 5.74) is 1.82. The Hall–Kier alpha value is -3.02.